The van der Waals surface area contributed by atoms with Crippen LogP contribution in [-0.2, 0) is 4.79 Å². The number of hydrogen-bond donors (Lipinski definition) is 0. The van der Waals surface area contributed by atoms with Crippen LogP contribution < -0.4 is 4.90 Å². The molecule has 4 nitrogen and oxygen atoms in total. The van der Waals surface area contributed by atoms with Crippen LogP contribution in [0.4, 0.5) is 5.69 Å². The summed E-state index contributed by atoms with van der Waals surface area (Å²) in [6, 6.07) is 20.9. The van der Waals surface area contributed by atoms with Crippen LogP contribution in [0, 0.1) is 5.92 Å². The van der Waals surface area contributed by atoms with Crippen LogP contribution in [0.1, 0.15) is 46.6 Å². The Bertz CT molecular complexity index is 1090. The van der Waals surface area contributed by atoms with Crippen molar-refractivity contribution in [3.63, 3.8) is 0 Å². The lowest BCUT2D eigenvalue weighted by Gasteiger charge is -2.43. The molecule has 0 radical (unpaired) electrons. The smallest absolute Gasteiger partial charge is 0.254 e. The van der Waals surface area contributed by atoms with Gasteiger partial charge in [0.2, 0.25) is 5.91 Å². The van der Waals surface area contributed by atoms with Gasteiger partial charge in [-0.2, -0.15) is 0 Å². The Labute approximate surface area is 193 Å². The monoisotopic (exact) mass is 444 g/mol. The largest absolute Gasteiger partial charge is 0.329 e. The van der Waals surface area contributed by atoms with Gasteiger partial charge in [-0.3, -0.25) is 9.59 Å². The molecule has 0 fully saturated rings. The molecule has 164 valence electrons. The van der Waals surface area contributed by atoms with Crippen molar-refractivity contribution in [2.75, 3.05) is 18.0 Å². The van der Waals surface area contributed by atoms with Crippen LogP contribution in [-0.4, -0.2) is 29.8 Å². The molecule has 1 aromatic heterocycles. The first-order valence-corrected chi connectivity index (χ1v) is 11.8. The third-order valence-electron chi connectivity index (χ3n) is 5.75. The van der Waals surface area contributed by atoms with Crippen molar-refractivity contribution < 1.29 is 9.59 Å². The second kappa shape index (κ2) is 9.53. The molecular formula is C27H28N2O2S. The summed E-state index contributed by atoms with van der Waals surface area (Å²) < 4.78 is 0. The van der Waals surface area contributed by atoms with E-state index in [9.17, 15) is 9.59 Å². The van der Waals surface area contributed by atoms with E-state index in [2.05, 4.69) is 20.4 Å². The molecule has 2 atom stereocenters. The lowest BCUT2D eigenvalue weighted by molar-refractivity contribution is -0.121. The number of thiophene rings is 1. The van der Waals surface area contributed by atoms with E-state index in [1.807, 2.05) is 77.0 Å². The van der Waals surface area contributed by atoms with Crippen LogP contribution >= 0.6 is 11.3 Å². The minimum absolute atomic E-state index is 0.00766. The van der Waals surface area contributed by atoms with Crippen LogP contribution in [0.15, 0.2) is 84.8 Å². The average molecular weight is 445 g/mol. The summed E-state index contributed by atoms with van der Waals surface area (Å²) >= 11 is 1.59. The molecule has 0 saturated carbocycles. The van der Waals surface area contributed by atoms with Gasteiger partial charge in [0.15, 0.2) is 0 Å². The van der Waals surface area contributed by atoms with Crippen LogP contribution in [0.3, 0.4) is 0 Å². The number of anilines is 1. The minimum Gasteiger partial charge on any atom is -0.329 e. The van der Waals surface area contributed by atoms with Gasteiger partial charge < -0.3 is 9.80 Å². The molecule has 2 heterocycles. The van der Waals surface area contributed by atoms with E-state index < -0.39 is 5.92 Å². The summed E-state index contributed by atoms with van der Waals surface area (Å²) in [5.74, 6) is -0.253. The molecule has 2 amide bonds. The highest BCUT2D eigenvalue weighted by atomic mass is 32.1. The maximum absolute atomic E-state index is 14.2. The Morgan fingerprint density at radius 3 is 2.47 bits per heavy atom. The zero-order valence-corrected chi connectivity index (χ0v) is 19.3. The predicted molar refractivity (Wildman–Crippen MR) is 131 cm³/mol. The summed E-state index contributed by atoms with van der Waals surface area (Å²) in [5.41, 5.74) is 2.24. The number of carbonyl (C=O) groups is 2. The Hall–Kier alpha value is -3.18. The Morgan fingerprint density at radius 1 is 1.09 bits per heavy atom. The van der Waals surface area contributed by atoms with Crippen LogP contribution in [0.5, 0.6) is 0 Å². The summed E-state index contributed by atoms with van der Waals surface area (Å²) in [6.45, 7) is 9.07. The van der Waals surface area contributed by atoms with Gasteiger partial charge in [0.25, 0.3) is 5.91 Å². The van der Waals surface area contributed by atoms with E-state index in [1.165, 1.54) is 0 Å². The van der Waals surface area contributed by atoms with E-state index in [0.29, 0.717) is 18.7 Å². The zero-order chi connectivity index (χ0) is 22.7. The van der Waals surface area contributed by atoms with Crippen LogP contribution in [0.25, 0.3) is 0 Å². The second-order valence-electron chi connectivity index (χ2n) is 8.45. The zero-order valence-electron chi connectivity index (χ0n) is 18.5. The van der Waals surface area contributed by atoms with E-state index in [-0.39, 0.29) is 23.8 Å². The highest BCUT2D eigenvalue weighted by Crippen LogP contribution is 2.45. The number of benzene rings is 2. The number of carbonyl (C=O) groups excluding carboxylic acids is 2. The number of fused-ring (bicyclic) bond motifs is 1. The first kappa shape index (κ1) is 22.0. The Balaban J connectivity index is 1.89. The van der Waals surface area contributed by atoms with E-state index in [1.54, 1.807) is 22.3 Å². The lowest BCUT2D eigenvalue weighted by Crippen LogP contribution is -2.49. The normalized spacial score (nSPS) is 17.8. The number of nitrogens with zero attached hydrogens (tertiary/aromatic N) is 2. The maximum atomic E-state index is 14.2. The molecule has 0 N–H and O–H groups in total. The van der Waals surface area contributed by atoms with Crippen molar-refractivity contribution in [2.45, 2.75) is 25.8 Å². The van der Waals surface area contributed by atoms with Crippen molar-refractivity contribution in [3.8, 4) is 0 Å². The average Bonchev–Trinajstić information content (AvgIpc) is 3.33. The maximum Gasteiger partial charge on any atom is 0.254 e. The molecule has 3 aromatic rings. The van der Waals surface area contributed by atoms with Gasteiger partial charge >= 0.3 is 0 Å². The number of rotatable bonds is 7. The molecule has 5 heteroatoms. The molecule has 0 bridgehead atoms. The van der Waals surface area contributed by atoms with Gasteiger partial charge in [0, 0.05) is 29.2 Å². The molecule has 0 spiro atoms. The fourth-order valence-corrected chi connectivity index (χ4v) is 5.33. The van der Waals surface area contributed by atoms with Crippen molar-refractivity contribution in [1.29, 1.82) is 0 Å². The quantitative estimate of drug-likeness (QED) is 0.426. The first-order valence-electron chi connectivity index (χ1n) is 10.9. The summed E-state index contributed by atoms with van der Waals surface area (Å²) in [7, 11) is 0. The Kier molecular flexibility index (Phi) is 6.56. The highest BCUT2D eigenvalue weighted by Gasteiger charge is 2.46. The number of amides is 2. The third-order valence-corrected chi connectivity index (χ3v) is 6.69. The highest BCUT2D eigenvalue weighted by molar-refractivity contribution is 7.10. The fraction of sp³-hybridized carbons (Fsp3) is 0.259. The van der Waals surface area contributed by atoms with Gasteiger partial charge in [-0.25, -0.2) is 0 Å². The molecule has 0 saturated heterocycles. The van der Waals surface area contributed by atoms with Gasteiger partial charge in [0.1, 0.15) is 0 Å². The first-order chi connectivity index (χ1) is 15.5. The molecule has 0 aliphatic carbocycles. The molecule has 2 aromatic carbocycles. The van der Waals surface area contributed by atoms with Gasteiger partial charge in [0.05, 0.1) is 12.0 Å². The summed E-state index contributed by atoms with van der Waals surface area (Å²) in [5, 5.41) is 2.01. The van der Waals surface area contributed by atoms with Gasteiger partial charge in [-0.1, -0.05) is 62.4 Å². The summed E-state index contributed by atoms with van der Waals surface area (Å²) in [6.07, 6.45) is 1.75. The predicted octanol–water partition coefficient (Wildman–Crippen LogP) is 5.90. The van der Waals surface area contributed by atoms with Crippen molar-refractivity contribution in [3.05, 3.63) is 101 Å². The molecule has 1 aliphatic rings. The van der Waals surface area contributed by atoms with Crippen molar-refractivity contribution in [2.24, 2.45) is 5.92 Å². The third kappa shape index (κ3) is 4.13. The van der Waals surface area contributed by atoms with Gasteiger partial charge in [-0.05, 0) is 41.1 Å². The van der Waals surface area contributed by atoms with Crippen molar-refractivity contribution >= 4 is 28.8 Å². The minimum atomic E-state index is -0.499. The standard InChI is InChI=1S/C27H28N2O2S/c1-4-16-28(20-11-6-5-7-12-20)27(31)24-21-13-8-9-14-22(21)26(30)29(18-19(2)3)25(24)23-15-10-17-32-23/h4-15,17,19,24-25H,1,16,18H2,2-3H3/t24-,25-/m0/s1. The second-order valence-corrected chi connectivity index (χ2v) is 9.43. The molecule has 0 unspecified atom stereocenters. The number of hydrogen-bond acceptors (Lipinski definition) is 3. The molecule has 32 heavy (non-hydrogen) atoms. The topological polar surface area (TPSA) is 40.6 Å². The molecular weight excluding hydrogens is 416 g/mol. The molecule has 4 rings (SSSR count). The lowest BCUT2D eigenvalue weighted by atomic mass is 9.80. The summed E-state index contributed by atoms with van der Waals surface area (Å²) in [4.78, 5) is 32.5. The molecule has 1 aliphatic heterocycles. The van der Waals surface area contributed by atoms with E-state index in [4.69, 9.17) is 0 Å². The number of para-hydroxylation sites is 1. The van der Waals surface area contributed by atoms with E-state index >= 15 is 0 Å². The fourth-order valence-electron chi connectivity index (χ4n) is 4.46. The van der Waals surface area contributed by atoms with Gasteiger partial charge in [-0.15, -0.1) is 17.9 Å². The van der Waals surface area contributed by atoms with Crippen molar-refractivity contribution in [1.82, 2.24) is 4.90 Å². The van der Waals surface area contributed by atoms with Crippen LogP contribution in [0.2, 0.25) is 0 Å². The SMILES string of the molecule is C=CCN(C(=O)[C@H]1c2ccccc2C(=O)N(CC(C)C)[C@H]1c1cccs1)c1ccccc1. The van der Waals surface area contributed by atoms with E-state index in [0.717, 1.165) is 16.1 Å². The Morgan fingerprint density at radius 2 is 1.81 bits per heavy atom.